The molecule has 31 heavy (non-hydrogen) atoms. The van der Waals surface area contributed by atoms with Crippen molar-refractivity contribution in [1.82, 2.24) is 25.4 Å². The molecule has 6 nitrogen and oxygen atoms in total. The zero-order valence-corrected chi connectivity index (χ0v) is 20.0. The quantitative estimate of drug-likeness (QED) is 0.318. The monoisotopic (exact) mass is 442 g/mol. The van der Waals surface area contributed by atoms with Crippen LogP contribution in [0.3, 0.4) is 0 Å². The maximum Gasteiger partial charge on any atom is 0.191 e. The van der Waals surface area contributed by atoms with E-state index in [1.54, 1.807) is 11.3 Å². The minimum atomic E-state index is 0.646. The van der Waals surface area contributed by atoms with Crippen LogP contribution >= 0.6 is 11.3 Å². The van der Waals surface area contributed by atoms with Crippen molar-refractivity contribution in [2.75, 3.05) is 45.8 Å². The molecule has 2 N–H and O–H groups in total. The van der Waals surface area contributed by atoms with Gasteiger partial charge in [0.25, 0.3) is 0 Å². The average molecular weight is 443 g/mol. The zero-order valence-electron chi connectivity index (χ0n) is 19.1. The fourth-order valence-corrected chi connectivity index (χ4v) is 4.54. The maximum atomic E-state index is 4.69. The van der Waals surface area contributed by atoms with Crippen LogP contribution in [-0.2, 0) is 19.5 Å². The number of thiazole rings is 1. The molecule has 1 fully saturated rings. The molecule has 0 atom stereocenters. The maximum absolute atomic E-state index is 4.69. The first-order valence-corrected chi connectivity index (χ1v) is 12.5. The lowest BCUT2D eigenvalue weighted by atomic mass is 10.2. The number of nitrogens with zero attached hydrogens (tertiary/aromatic N) is 4. The first-order valence-electron chi connectivity index (χ1n) is 11.7. The molecule has 2 heterocycles. The Labute approximate surface area is 191 Å². The Morgan fingerprint density at radius 3 is 2.52 bits per heavy atom. The van der Waals surface area contributed by atoms with Crippen molar-refractivity contribution in [2.45, 2.75) is 46.2 Å². The van der Waals surface area contributed by atoms with Crippen LogP contribution in [0.5, 0.6) is 0 Å². The van der Waals surface area contributed by atoms with Crippen LogP contribution in [0.25, 0.3) is 0 Å². The molecule has 1 aromatic heterocycles. The van der Waals surface area contributed by atoms with E-state index in [9.17, 15) is 0 Å². The third kappa shape index (κ3) is 8.59. The van der Waals surface area contributed by atoms with E-state index >= 15 is 0 Å². The number of aliphatic imine (C=N–C) groups is 1. The average Bonchev–Trinajstić information content (AvgIpc) is 3.27. The van der Waals surface area contributed by atoms with Crippen molar-refractivity contribution in [3.05, 3.63) is 52.0 Å². The highest BCUT2D eigenvalue weighted by Gasteiger charge is 2.16. The molecule has 1 saturated heterocycles. The molecule has 0 bridgehead atoms. The van der Waals surface area contributed by atoms with Crippen molar-refractivity contribution in [1.29, 1.82) is 0 Å². The number of aromatic nitrogens is 1. The first kappa shape index (κ1) is 23.7. The van der Waals surface area contributed by atoms with Gasteiger partial charge in [-0.05, 0) is 38.3 Å². The zero-order chi connectivity index (χ0) is 21.7. The fourth-order valence-electron chi connectivity index (χ4n) is 3.75. The summed E-state index contributed by atoms with van der Waals surface area (Å²) < 4.78 is 0. The van der Waals surface area contributed by atoms with Crippen molar-refractivity contribution in [3.63, 3.8) is 0 Å². The Hall–Kier alpha value is -1.96. The summed E-state index contributed by atoms with van der Waals surface area (Å²) in [5.74, 6) is 0.894. The Balaban J connectivity index is 1.28. The Morgan fingerprint density at radius 1 is 1.03 bits per heavy atom. The molecule has 0 saturated carbocycles. The van der Waals surface area contributed by atoms with E-state index in [2.05, 4.69) is 74.6 Å². The molecular formula is C24H38N6S. The van der Waals surface area contributed by atoms with Crippen molar-refractivity contribution in [2.24, 2.45) is 4.99 Å². The van der Waals surface area contributed by atoms with Gasteiger partial charge in [-0.1, -0.05) is 37.3 Å². The third-order valence-corrected chi connectivity index (χ3v) is 6.70. The van der Waals surface area contributed by atoms with Gasteiger partial charge in [0.15, 0.2) is 5.96 Å². The van der Waals surface area contributed by atoms with E-state index in [1.165, 1.54) is 49.6 Å². The largest absolute Gasteiger partial charge is 0.357 e. The second kappa shape index (κ2) is 13.5. The topological polar surface area (TPSA) is 55.8 Å². The third-order valence-electron chi connectivity index (χ3n) is 5.57. The van der Waals surface area contributed by atoms with E-state index in [0.29, 0.717) is 6.54 Å². The molecule has 7 heteroatoms. The van der Waals surface area contributed by atoms with Gasteiger partial charge in [0.05, 0.1) is 6.54 Å². The van der Waals surface area contributed by atoms with Crippen molar-refractivity contribution in [3.8, 4) is 0 Å². The number of piperazine rings is 1. The summed E-state index contributed by atoms with van der Waals surface area (Å²) in [7, 11) is 0. The number of rotatable bonds is 11. The highest BCUT2D eigenvalue weighted by molar-refractivity contribution is 7.11. The van der Waals surface area contributed by atoms with E-state index in [1.807, 2.05) is 6.20 Å². The summed E-state index contributed by atoms with van der Waals surface area (Å²) in [6, 6.07) is 10.8. The molecule has 0 unspecified atom stereocenters. The highest BCUT2D eigenvalue weighted by atomic mass is 32.1. The van der Waals surface area contributed by atoms with Gasteiger partial charge in [0.1, 0.15) is 5.01 Å². The molecule has 0 radical (unpaired) electrons. The van der Waals surface area contributed by atoms with E-state index < -0.39 is 0 Å². The van der Waals surface area contributed by atoms with Crippen molar-refractivity contribution >= 4 is 17.3 Å². The SMILES string of the molecule is CCNC(=NCc1ncc(CC)s1)NCCCCN1CCN(Cc2ccccc2)CC1. The highest BCUT2D eigenvalue weighted by Crippen LogP contribution is 2.14. The summed E-state index contributed by atoms with van der Waals surface area (Å²) in [5.41, 5.74) is 1.42. The predicted octanol–water partition coefficient (Wildman–Crippen LogP) is 3.36. The van der Waals surface area contributed by atoms with Gasteiger partial charge >= 0.3 is 0 Å². The molecule has 1 aliphatic heterocycles. The molecule has 1 aromatic carbocycles. The van der Waals surface area contributed by atoms with Crippen molar-refractivity contribution < 1.29 is 0 Å². The number of guanidine groups is 1. The minimum absolute atomic E-state index is 0.646. The summed E-state index contributed by atoms with van der Waals surface area (Å²) in [6.07, 6.45) is 5.39. The predicted molar refractivity (Wildman–Crippen MR) is 132 cm³/mol. The number of aryl methyl sites for hydroxylation is 1. The number of nitrogens with one attached hydrogen (secondary N) is 2. The van der Waals surface area contributed by atoms with E-state index in [4.69, 9.17) is 0 Å². The number of hydrogen-bond donors (Lipinski definition) is 2. The molecule has 0 spiro atoms. The van der Waals surface area contributed by atoms with E-state index in [-0.39, 0.29) is 0 Å². The van der Waals surface area contributed by atoms with Gasteiger partial charge < -0.3 is 15.5 Å². The van der Waals surface area contributed by atoms with Crippen LogP contribution in [-0.4, -0.2) is 66.6 Å². The lowest BCUT2D eigenvalue weighted by Crippen LogP contribution is -2.46. The first-order chi connectivity index (χ1) is 15.3. The van der Waals surface area contributed by atoms with Crippen LogP contribution in [0.1, 0.15) is 42.1 Å². The summed E-state index contributed by atoms with van der Waals surface area (Å²) in [4.78, 5) is 15.6. The van der Waals surface area contributed by atoms with Crippen LogP contribution in [0.15, 0.2) is 41.5 Å². The van der Waals surface area contributed by atoms with E-state index in [0.717, 1.165) is 43.4 Å². The van der Waals surface area contributed by atoms with Crippen LogP contribution in [0, 0.1) is 0 Å². The van der Waals surface area contributed by atoms with Gasteiger partial charge in [-0.15, -0.1) is 11.3 Å². The number of hydrogen-bond acceptors (Lipinski definition) is 5. The summed E-state index contributed by atoms with van der Waals surface area (Å²) in [5, 5.41) is 7.90. The molecule has 3 rings (SSSR count). The molecule has 0 amide bonds. The Bertz CT molecular complexity index is 767. The second-order valence-electron chi connectivity index (χ2n) is 8.01. The molecule has 0 aliphatic carbocycles. The lowest BCUT2D eigenvalue weighted by Gasteiger charge is -2.34. The van der Waals surface area contributed by atoms with Crippen LogP contribution in [0.2, 0.25) is 0 Å². The summed E-state index contributed by atoms with van der Waals surface area (Å²) >= 11 is 1.76. The Kier molecular flexibility index (Phi) is 10.3. The number of unbranched alkanes of at least 4 members (excludes halogenated alkanes) is 1. The lowest BCUT2D eigenvalue weighted by molar-refractivity contribution is 0.126. The van der Waals surface area contributed by atoms with Crippen LogP contribution in [0.4, 0.5) is 0 Å². The van der Waals surface area contributed by atoms with Gasteiger partial charge in [0.2, 0.25) is 0 Å². The fraction of sp³-hybridized carbons (Fsp3) is 0.583. The van der Waals surface area contributed by atoms with Crippen LogP contribution < -0.4 is 10.6 Å². The minimum Gasteiger partial charge on any atom is -0.357 e. The molecule has 2 aromatic rings. The van der Waals surface area contributed by atoms with Gasteiger partial charge in [-0.25, -0.2) is 9.98 Å². The molecule has 1 aliphatic rings. The Morgan fingerprint density at radius 2 is 1.81 bits per heavy atom. The molecular weight excluding hydrogens is 404 g/mol. The standard InChI is InChI=1S/C24H38N6S/c1-3-22-18-27-23(31-22)19-28-24(25-4-2)26-12-8-9-13-29-14-16-30(17-15-29)20-21-10-6-5-7-11-21/h5-7,10-11,18H,3-4,8-9,12-17,19-20H2,1-2H3,(H2,25,26,28). The van der Waals surface area contributed by atoms with Gasteiger partial charge in [-0.2, -0.15) is 0 Å². The number of benzene rings is 1. The normalized spacial score (nSPS) is 15.9. The molecule has 170 valence electrons. The smallest absolute Gasteiger partial charge is 0.191 e. The summed E-state index contributed by atoms with van der Waals surface area (Å²) in [6.45, 7) is 13.7. The second-order valence-corrected chi connectivity index (χ2v) is 9.21. The van der Waals surface area contributed by atoms with Gasteiger partial charge in [0, 0.05) is 56.9 Å². The van der Waals surface area contributed by atoms with Gasteiger partial charge in [-0.3, -0.25) is 4.90 Å².